The second kappa shape index (κ2) is 7.22. The first-order valence-corrected chi connectivity index (χ1v) is 8.30. The molecule has 0 aliphatic heterocycles. The van der Waals surface area contributed by atoms with E-state index in [0.29, 0.717) is 12.8 Å². The summed E-state index contributed by atoms with van der Waals surface area (Å²) in [6.45, 7) is 1.95. The summed E-state index contributed by atoms with van der Waals surface area (Å²) in [5.74, 6) is -0.0776. The number of amides is 1. The molecule has 3 aromatic carbocycles. The Morgan fingerprint density at radius 3 is 2.36 bits per heavy atom. The zero-order chi connectivity index (χ0) is 17.8. The summed E-state index contributed by atoms with van der Waals surface area (Å²) in [7, 11) is 0. The zero-order valence-corrected chi connectivity index (χ0v) is 14.2. The van der Waals surface area contributed by atoms with Crippen LogP contribution in [0.15, 0.2) is 66.7 Å². The third-order valence-corrected chi connectivity index (χ3v) is 4.23. The third kappa shape index (κ3) is 4.07. The van der Waals surface area contributed by atoms with Crippen LogP contribution in [0.2, 0.25) is 0 Å². The van der Waals surface area contributed by atoms with E-state index in [1.165, 1.54) is 0 Å². The predicted octanol–water partition coefficient (Wildman–Crippen LogP) is 4.45. The Balaban J connectivity index is 2.09. The van der Waals surface area contributed by atoms with Crippen molar-refractivity contribution in [3.8, 4) is 28.0 Å². The lowest BCUT2D eigenvalue weighted by atomic mass is 9.92. The molecule has 3 aromatic rings. The molecule has 3 nitrogen and oxygen atoms in total. The molecule has 3 heteroatoms. The number of phenols is 1. The average molecular weight is 331 g/mol. The van der Waals surface area contributed by atoms with Gasteiger partial charge in [-0.05, 0) is 58.9 Å². The number of hydrogen-bond donors (Lipinski definition) is 2. The van der Waals surface area contributed by atoms with Gasteiger partial charge < -0.3 is 10.8 Å². The second-order valence-corrected chi connectivity index (χ2v) is 6.26. The fraction of sp³-hybridized carbons (Fsp3) is 0.136. The van der Waals surface area contributed by atoms with Gasteiger partial charge in [-0.1, -0.05) is 54.6 Å². The van der Waals surface area contributed by atoms with Crippen molar-refractivity contribution < 1.29 is 9.90 Å². The van der Waals surface area contributed by atoms with Crippen LogP contribution in [0.4, 0.5) is 0 Å². The zero-order valence-electron chi connectivity index (χ0n) is 14.2. The molecule has 0 heterocycles. The number of rotatable bonds is 5. The van der Waals surface area contributed by atoms with Gasteiger partial charge in [0.05, 0.1) is 0 Å². The summed E-state index contributed by atoms with van der Waals surface area (Å²) in [4.78, 5) is 11.3. The fourth-order valence-corrected chi connectivity index (χ4v) is 3.07. The van der Waals surface area contributed by atoms with E-state index in [0.717, 1.165) is 33.4 Å². The van der Waals surface area contributed by atoms with Crippen molar-refractivity contribution >= 4 is 5.91 Å². The van der Waals surface area contributed by atoms with Crippen molar-refractivity contribution in [2.45, 2.75) is 19.8 Å². The first kappa shape index (κ1) is 16.8. The normalized spacial score (nSPS) is 10.6. The summed E-state index contributed by atoms with van der Waals surface area (Å²) in [6, 6.07) is 21.8. The topological polar surface area (TPSA) is 63.3 Å². The minimum Gasteiger partial charge on any atom is -0.508 e. The molecule has 0 saturated heterocycles. The van der Waals surface area contributed by atoms with Crippen molar-refractivity contribution in [2.24, 2.45) is 5.73 Å². The molecule has 0 aliphatic carbocycles. The van der Waals surface area contributed by atoms with E-state index >= 15 is 0 Å². The maximum Gasteiger partial charge on any atom is 0.217 e. The Kier molecular flexibility index (Phi) is 4.85. The number of nitrogens with two attached hydrogens (primary N) is 1. The van der Waals surface area contributed by atoms with Gasteiger partial charge in [-0.3, -0.25) is 4.79 Å². The van der Waals surface area contributed by atoms with Crippen molar-refractivity contribution in [1.29, 1.82) is 0 Å². The molecular formula is C22H21NO2. The maximum absolute atomic E-state index is 11.3. The minimum atomic E-state index is -0.317. The second-order valence-electron chi connectivity index (χ2n) is 6.26. The van der Waals surface area contributed by atoms with E-state index in [1.807, 2.05) is 37.3 Å². The predicted molar refractivity (Wildman–Crippen MR) is 101 cm³/mol. The quantitative estimate of drug-likeness (QED) is 0.725. The third-order valence-electron chi connectivity index (χ3n) is 4.23. The summed E-state index contributed by atoms with van der Waals surface area (Å²) in [5.41, 5.74) is 11.6. The highest BCUT2D eigenvalue weighted by Crippen LogP contribution is 2.32. The van der Waals surface area contributed by atoms with E-state index in [1.54, 1.807) is 12.1 Å². The molecule has 0 aliphatic rings. The van der Waals surface area contributed by atoms with Crippen LogP contribution in [0.1, 0.15) is 17.5 Å². The van der Waals surface area contributed by atoms with Gasteiger partial charge in [-0.2, -0.15) is 0 Å². The summed E-state index contributed by atoms with van der Waals surface area (Å²) >= 11 is 0. The molecule has 0 spiro atoms. The molecule has 0 fully saturated rings. The first-order chi connectivity index (χ1) is 12.0. The van der Waals surface area contributed by atoms with Gasteiger partial charge in [0.15, 0.2) is 0 Å². The van der Waals surface area contributed by atoms with E-state index in [-0.39, 0.29) is 11.7 Å². The van der Waals surface area contributed by atoms with Crippen molar-refractivity contribution in [1.82, 2.24) is 0 Å². The highest BCUT2D eigenvalue weighted by Gasteiger charge is 2.10. The fourth-order valence-electron chi connectivity index (χ4n) is 3.07. The van der Waals surface area contributed by atoms with Gasteiger partial charge >= 0.3 is 0 Å². The molecule has 0 unspecified atom stereocenters. The number of aromatic hydroxyl groups is 1. The molecule has 0 bridgehead atoms. The molecular weight excluding hydrogens is 310 g/mol. The largest absolute Gasteiger partial charge is 0.508 e. The average Bonchev–Trinajstić information content (AvgIpc) is 2.59. The Bertz CT molecular complexity index is 881. The van der Waals surface area contributed by atoms with Crippen LogP contribution in [0.25, 0.3) is 22.3 Å². The highest BCUT2D eigenvalue weighted by molar-refractivity contribution is 5.77. The molecule has 3 rings (SSSR count). The molecule has 25 heavy (non-hydrogen) atoms. The van der Waals surface area contributed by atoms with Gasteiger partial charge in [0, 0.05) is 6.42 Å². The van der Waals surface area contributed by atoms with Crippen molar-refractivity contribution in [3.63, 3.8) is 0 Å². The number of primary amides is 1. The van der Waals surface area contributed by atoms with Gasteiger partial charge in [-0.15, -0.1) is 0 Å². The Hall–Kier alpha value is -3.07. The van der Waals surface area contributed by atoms with E-state index in [2.05, 4.69) is 24.3 Å². The van der Waals surface area contributed by atoms with Crippen LogP contribution in [0.5, 0.6) is 5.75 Å². The number of aryl methyl sites for hydroxylation is 2. The van der Waals surface area contributed by atoms with E-state index < -0.39 is 0 Å². The lowest BCUT2D eigenvalue weighted by Crippen LogP contribution is -2.11. The van der Waals surface area contributed by atoms with Crippen LogP contribution < -0.4 is 5.73 Å². The molecule has 0 aromatic heterocycles. The van der Waals surface area contributed by atoms with E-state index in [4.69, 9.17) is 5.73 Å². The van der Waals surface area contributed by atoms with Crippen molar-refractivity contribution in [3.05, 3.63) is 77.9 Å². The van der Waals surface area contributed by atoms with E-state index in [9.17, 15) is 9.90 Å². The van der Waals surface area contributed by atoms with Gasteiger partial charge in [-0.25, -0.2) is 0 Å². The SMILES string of the molecule is Cc1cc(O)cc(-c2ccc(-c3ccccc3)cc2CCC(N)=O)c1. The lowest BCUT2D eigenvalue weighted by Gasteiger charge is -2.13. The standard InChI is InChI=1S/C22H21NO2/c1-15-11-19(14-20(24)12-15)21-9-7-17(16-5-3-2-4-6-16)13-18(21)8-10-22(23)25/h2-7,9,11-14,24H,8,10H2,1H3,(H2,23,25). The molecule has 0 saturated carbocycles. The smallest absolute Gasteiger partial charge is 0.217 e. The number of benzene rings is 3. The monoisotopic (exact) mass is 331 g/mol. The number of carbonyl (C=O) groups excluding carboxylic acids is 1. The number of carbonyl (C=O) groups is 1. The molecule has 0 atom stereocenters. The van der Waals surface area contributed by atoms with Crippen LogP contribution >= 0.6 is 0 Å². The Morgan fingerprint density at radius 1 is 0.920 bits per heavy atom. The molecule has 1 amide bonds. The summed E-state index contributed by atoms with van der Waals surface area (Å²) < 4.78 is 0. The van der Waals surface area contributed by atoms with Gasteiger partial charge in [0.25, 0.3) is 0 Å². The summed E-state index contributed by atoms with van der Waals surface area (Å²) in [5, 5.41) is 9.92. The number of hydrogen-bond acceptors (Lipinski definition) is 2. The van der Waals surface area contributed by atoms with Gasteiger partial charge in [0.1, 0.15) is 5.75 Å². The highest BCUT2D eigenvalue weighted by atomic mass is 16.3. The Labute approximate surface area is 147 Å². The Morgan fingerprint density at radius 2 is 1.68 bits per heavy atom. The molecule has 3 N–H and O–H groups in total. The van der Waals surface area contributed by atoms with Crippen LogP contribution in [-0.2, 0) is 11.2 Å². The van der Waals surface area contributed by atoms with Gasteiger partial charge in [0.2, 0.25) is 5.91 Å². The molecule has 126 valence electrons. The minimum absolute atomic E-state index is 0.239. The maximum atomic E-state index is 11.3. The first-order valence-electron chi connectivity index (χ1n) is 8.30. The summed E-state index contributed by atoms with van der Waals surface area (Å²) in [6.07, 6.45) is 0.864. The van der Waals surface area contributed by atoms with Crippen LogP contribution in [-0.4, -0.2) is 11.0 Å². The van der Waals surface area contributed by atoms with Crippen LogP contribution in [0, 0.1) is 6.92 Å². The lowest BCUT2D eigenvalue weighted by molar-refractivity contribution is -0.117. The van der Waals surface area contributed by atoms with Crippen LogP contribution in [0.3, 0.4) is 0 Å². The van der Waals surface area contributed by atoms with Crippen molar-refractivity contribution in [2.75, 3.05) is 0 Å². The number of phenolic OH excluding ortho intramolecular Hbond substituents is 1. The molecule has 0 radical (unpaired) electrons.